The highest BCUT2D eigenvalue weighted by atomic mass is 16.3. The van der Waals surface area contributed by atoms with E-state index in [4.69, 9.17) is 5.73 Å². The molecule has 2 aromatic rings. The van der Waals surface area contributed by atoms with Crippen LogP contribution in [0.15, 0.2) is 43.1 Å². The SMILES string of the molecule is C=C(NC(O)c1cc(C)cnc1N)c1ccc(C)cc1. The van der Waals surface area contributed by atoms with Gasteiger partial charge in [0.1, 0.15) is 5.82 Å². The van der Waals surface area contributed by atoms with Crippen molar-refractivity contribution in [1.82, 2.24) is 10.3 Å². The number of benzene rings is 1. The molecule has 1 aromatic heterocycles. The zero-order valence-corrected chi connectivity index (χ0v) is 11.7. The van der Waals surface area contributed by atoms with Gasteiger partial charge in [-0.05, 0) is 31.0 Å². The van der Waals surface area contributed by atoms with Gasteiger partial charge in [0.05, 0.1) is 0 Å². The van der Waals surface area contributed by atoms with Crippen LogP contribution in [0.3, 0.4) is 0 Å². The zero-order valence-electron chi connectivity index (χ0n) is 11.7. The predicted octanol–water partition coefficient (Wildman–Crippen LogP) is 2.53. The van der Waals surface area contributed by atoms with Crippen LogP contribution in [0.5, 0.6) is 0 Å². The van der Waals surface area contributed by atoms with E-state index >= 15 is 0 Å². The molecule has 1 atom stereocenters. The average molecular weight is 269 g/mol. The molecule has 4 nitrogen and oxygen atoms in total. The topological polar surface area (TPSA) is 71.2 Å². The summed E-state index contributed by atoms with van der Waals surface area (Å²) in [5.74, 6) is 0.312. The van der Waals surface area contributed by atoms with Crippen molar-refractivity contribution in [2.24, 2.45) is 0 Å². The standard InChI is InChI=1S/C16H19N3O/c1-10-4-6-13(7-5-10)12(3)19-16(20)14-8-11(2)9-18-15(14)17/h4-9,16,19-20H,3H2,1-2H3,(H2,17,18). The normalized spacial score (nSPS) is 11.9. The molecule has 1 heterocycles. The van der Waals surface area contributed by atoms with Crippen LogP contribution < -0.4 is 11.1 Å². The molecule has 0 fully saturated rings. The molecule has 0 radical (unpaired) electrons. The molecule has 4 N–H and O–H groups in total. The number of aromatic nitrogens is 1. The number of rotatable bonds is 4. The van der Waals surface area contributed by atoms with Gasteiger partial charge in [0.25, 0.3) is 0 Å². The number of hydrogen-bond donors (Lipinski definition) is 3. The highest BCUT2D eigenvalue weighted by molar-refractivity contribution is 5.62. The second-order valence-electron chi connectivity index (χ2n) is 4.88. The summed E-state index contributed by atoms with van der Waals surface area (Å²) < 4.78 is 0. The Morgan fingerprint density at radius 1 is 1.25 bits per heavy atom. The molecule has 0 spiro atoms. The summed E-state index contributed by atoms with van der Waals surface area (Å²) in [4.78, 5) is 4.04. The summed E-state index contributed by atoms with van der Waals surface area (Å²) in [6.07, 6.45) is 0.733. The largest absolute Gasteiger partial charge is 0.383 e. The van der Waals surface area contributed by atoms with Gasteiger partial charge >= 0.3 is 0 Å². The lowest BCUT2D eigenvalue weighted by Crippen LogP contribution is -2.20. The number of aryl methyl sites for hydroxylation is 2. The number of aliphatic hydroxyl groups is 1. The molecule has 0 aliphatic heterocycles. The van der Waals surface area contributed by atoms with Crippen LogP contribution in [0.25, 0.3) is 5.70 Å². The minimum Gasteiger partial charge on any atom is -0.383 e. The van der Waals surface area contributed by atoms with E-state index in [0.29, 0.717) is 17.1 Å². The lowest BCUT2D eigenvalue weighted by atomic mass is 10.1. The first kappa shape index (κ1) is 14.1. The number of pyridine rings is 1. The molecule has 4 heteroatoms. The Hall–Kier alpha value is -2.33. The van der Waals surface area contributed by atoms with Gasteiger partial charge in [-0.3, -0.25) is 0 Å². The van der Waals surface area contributed by atoms with Gasteiger partial charge in [0.15, 0.2) is 6.23 Å². The van der Waals surface area contributed by atoms with Gasteiger partial charge in [-0.25, -0.2) is 4.98 Å². The number of nitrogens with two attached hydrogens (primary N) is 1. The molecule has 0 aliphatic carbocycles. The van der Waals surface area contributed by atoms with Crippen LogP contribution in [-0.2, 0) is 0 Å². The second-order valence-corrected chi connectivity index (χ2v) is 4.88. The van der Waals surface area contributed by atoms with Crippen LogP contribution in [0.1, 0.15) is 28.5 Å². The van der Waals surface area contributed by atoms with Crippen LogP contribution >= 0.6 is 0 Å². The molecule has 2 rings (SSSR count). The second kappa shape index (κ2) is 5.75. The number of nitrogens with one attached hydrogen (secondary N) is 1. The number of nitrogen functional groups attached to an aromatic ring is 1. The Bertz CT molecular complexity index is 620. The Balaban J connectivity index is 2.15. The van der Waals surface area contributed by atoms with Crippen LogP contribution in [0, 0.1) is 13.8 Å². The molecule has 0 bridgehead atoms. The summed E-state index contributed by atoms with van der Waals surface area (Å²) >= 11 is 0. The number of hydrogen-bond acceptors (Lipinski definition) is 4. The first-order valence-electron chi connectivity index (χ1n) is 6.40. The highest BCUT2D eigenvalue weighted by Gasteiger charge is 2.13. The van der Waals surface area contributed by atoms with E-state index in [1.165, 1.54) is 5.56 Å². The zero-order chi connectivity index (χ0) is 14.7. The molecular formula is C16H19N3O. The molecule has 1 aromatic carbocycles. The van der Waals surface area contributed by atoms with E-state index < -0.39 is 6.23 Å². The molecule has 0 saturated carbocycles. The van der Waals surface area contributed by atoms with Crippen LogP contribution in [0.4, 0.5) is 5.82 Å². The maximum absolute atomic E-state index is 10.2. The fraction of sp³-hybridized carbons (Fsp3) is 0.188. The Morgan fingerprint density at radius 2 is 1.90 bits per heavy atom. The minimum atomic E-state index is -0.934. The van der Waals surface area contributed by atoms with E-state index in [2.05, 4.69) is 16.9 Å². The van der Waals surface area contributed by atoms with Crippen molar-refractivity contribution in [3.63, 3.8) is 0 Å². The minimum absolute atomic E-state index is 0.312. The van der Waals surface area contributed by atoms with Crippen molar-refractivity contribution < 1.29 is 5.11 Å². The Morgan fingerprint density at radius 3 is 2.55 bits per heavy atom. The van der Waals surface area contributed by atoms with Crippen LogP contribution in [0.2, 0.25) is 0 Å². The third kappa shape index (κ3) is 3.16. The third-order valence-corrected chi connectivity index (χ3v) is 3.09. The van der Waals surface area contributed by atoms with Crippen molar-refractivity contribution >= 4 is 11.5 Å². The number of nitrogens with zero attached hydrogens (tertiary/aromatic N) is 1. The van der Waals surface area contributed by atoms with Gasteiger partial charge in [0.2, 0.25) is 0 Å². The molecule has 20 heavy (non-hydrogen) atoms. The van der Waals surface area contributed by atoms with Crippen molar-refractivity contribution in [1.29, 1.82) is 0 Å². The number of aliphatic hydroxyl groups excluding tert-OH is 1. The summed E-state index contributed by atoms with van der Waals surface area (Å²) in [6, 6.07) is 9.71. The molecular weight excluding hydrogens is 250 g/mol. The van der Waals surface area contributed by atoms with Crippen molar-refractivity contribution in [3.8, 4) is 0 Å². The molecule has 0 amide bonds. The van der Waals surface area contributed by atoms with Gasteiger partial charge in [-0.2, -0.15) is 0 Å². The number of anilines is 1. The monoisotopic (exact) mass is 269 g/mol. The van der Waals surface area contributed by atoms with Gasteiger partial charge in [0, 0.05) is 17.5 Å². The summed E-state index contributed by atoms with van der Waals surface area (Å²) in [5, 5.41) is 13.2. The lowest BCUT2D eigenvalue weighted by molar-refractivity contribution is 0.160. The van der Waals surface area contributed by atoms with Crippen molar-refractivity contribution in [3.05, 3.63) is 65.4 Å². The quantitative estimate of drug-likeness (QED) is 0.746. The summed E-state index contributed by atoms with van der Waals surface area (Å²) in [5.41, 5.74) is 10.0. The smallest absolute Gasteiger partial charge is 0.154 e. The third-order valence-electron chi connectivity index (χ3n) is 3.09. The first-order valence-corrected chi connectivity index (χ1v) is 6.40. The summed E-state index contributed by atoms with van der Waals surface area (Å²) in [6.45, 7) is 7.86. The van der Waals surface area contributed by atoms with Gasteiger partial charge < -0.3 is 16.2 Å². The van der Waals surface area contributed by atoms with Gasteiger partial charge in [-0.15, -0.1) is 0 Å². The fourth-order valence-electron chi connectivity index (χ4n) is 1.90. The average Bonchev–Trinajstić information content (AvgIpc) is 2.42. The van der Waals surface area contributed by atoms with E-state index in [1.807, 2.05) is 44.2 Å². The maximum atomic E-state index is 10.2. The molecule has 1 unspecified atom stereocenters. The Kier molecular flexibility index (Phi) is 4.05. The first-order chi connectivity index (χ1) is 9.47. The molecule has 0 aliphatic rings. The molecule has 0 saturated heterocycles. The van der Waals surface area contributed by atoms with E-state index in [0.717, 1.165) is 11.1 Å². The Labute approximate surface area is 119 Å². The van der Waals surface area contributed by atoms with E-state index in [9.17, 15) is 5.11 Å². The van der Waals surface area contributed by atoms with E-state index in [1.54, 1.807) is 6.20 Å². The summed E-state index contributed by atoms with van der Waals surface area (Å²) in [7, 11) is 0. The van der Waals surface area contributed by atoms with Crippen molar-refractivity contribution in [2.45, 2.75) is 20.1 Å². The van der Waals surface area contributed by atoms with Gasteiger partial charge in [-0.1, -0.05) is 36.4 Å². The maximum Gasteiger partial charge on any atom is 0.154 e. The lowest BCUT2D eigenvalue weighted by Gasteiger charge is -2.18. The van der Waals surface area contributed by atoms with Crippen molar-refractivity contribution in [2.75, 3.05) is 5.73 Å². The fourth-order valence-corrected chi connectivity index (χ4v) is 1.90. The molecule has 104 valence electrons. The predicted molar refractivity (Wildman–Crippen MR) is 81.7 cm³/mol. The highest BCUT2D eigenvalue weighted by Crippen LogP contribution is 2.20. The van der Waals surface area contributed by atoms with Crippen LogP contribution in [-0.4, -0.2) is 10.1 Å². The van der Waals surface area contributed by atoms with E-state index in [-0.39, 0.29) is 0 Å².